The van der Waals surface area contributed by atoms with Crippen molar-refractivity contribution in [3.8, 4) is 17.1 Å². The molecule has 0 aliphatic heterocycles. The molecular formula is C19H19N3O4. The number of carbonyl (C=O) groups is 1. The molecule has 0 bridgehead atoms. The summed E-state index contributed by atoms with van der Waals surface area (Å²) in [7, 11) is 1.33. The van der Waals surface area contributed by atoms with Crippen molar-refractivity contribution >= 4 is 11.6 Å². The van der Waals surface area contributed by atoms with Crippen LogP contribution in [0.25, 0.3) is 16.9 Å². The monoisotopic (exact) mass is 353 g/mol. The van der Waals surface area contributed by atoms with Gasteiger partial charge in [0.1, 0.15) is 5.65 Å². The second-order valence-corrected chi connectivity index (χ2v) is 6.39. The summed E-state index contributed by atoms with van der Waals surface area (Å²) < 4.78 is 12.6. The maximum absolute atomic E-state index is 11.9. The Hall–Kier alpha value is -2.93. The van der Waals surface area contributed by atoms with Crippen LogP contribution in [0.5, 0.6) is 5.88 Å². The van der Waals surface area contributed by atoms with Gasteiger partial charge in [-0.1, -0.05) is 6.07 Å². The molecule has 134 valence electrons. The standard InChI is InChI=1S/C19H19N3O4/c1-25-19(24)14-6-15(18(21-7-14)26-11-12-2-3-12)16-8-20-17-5-4-13(10-23)9-22(16)17/h4-9,12,23H,2-3,10-11H2,1H3. The van der Waals surface area contributed by atoms with Gasteiger partial charge in [-0.05, 0) is 36.5 Å². The first kappa shape index (κ1) is 16.5. The first-order valence-electron chi connectivity index (χ1n) is 8.48. The van der Waals surface area contributed by atoms with Crippen LogP contribution in [-0.4, -0.2) is 39.2 Å². The molecule has 4 rings (SSSR count). The Bertz CT molecular complexity index is 963. The summed E-state index contributed by atoms with van der Waals surface area (Å²) in [6.07, 6.45) is 7.32. The fraction of sp³-hybridized carbons (Fsp3) is 0.316. The molecule has 7 heteroatoms. The molecule has 1 N–H and O–H groups in total. The van der Waals surface area contributed by atoms with Crippen LogP contribution in [0.2, 0.25) is 0 Å². The van der Waals surface area contributed by atoms with Crippen LogP contribution < -0.4 is 4.74 Å². The van der Waals surface area contributed by atoms with Crippen molar-refractivity contribution in [1.29, 1.82) is 0 Å². The third-order valence-electron chi connectivity index (χ3n) is 4.45. The number of methoxy groups -OCH3 is 1. The maximum Gasteiger partial charge on any atom is 0.339 e. The molecule has 1 aliphatic carbocycles. The van der Waals surface area contributed by atoms with E-state index in [4.69, 9.17) is 9.47 Å². The lowest BCUT2D eigenvalue weighted by Gasteiger charge is -2.12. The molecule has 0 saturated heterocycles. The highest BCUT2D eigenvalue weighted by Crippen LogP contribution is 2.33. The van der Waals surface area contributed by atoms with Gasteiger partial charge in [0.2, 0.25) is 5.88 Å². The van der Waals surface area contributed by atoms with Crippen molar-refractivity contribution in [3.05, 3.63) is 47.9 Å². The van der Waals surface area contributed by atoms with E-state index in [0.29, 0.717) is 29.5 Å². The summed E-state index contributed by atoms with van der Waals surface area (Å²) in [5.74, 6) is 0.575. The molecule has 0 unspecified atom stereocenters. The van der Waals surface area contributed by atoms with Gasteiger partial charge in [-0.15, -0.1) is 0 Å². The zero-order chi connectivity index (χ0) is 18.1. The molecule has 0 aromatic carbocycles. The molecule has 0 spiro atoms. The van der Waals surface area contributed by atoms with Gasteiger partial charge in [0.25, 0.3) is 0 Å². The number of aliphatic hydroxyl groups excluding tert-OH is 1. The van der Waals surface area contributed by atoms with E-state index >= 15 is 0 Å². The smallest absolute Gasteiger partial charge is 0.339 e. The summed E-state index contributed by atoms with van der Waals surface area (Å²) in [5.41, 5.74) is 3.23. The molecule has 1 saturated carbocycles. The number of ether oxygens (including phenoxy) is 2. The Balaban J connectivity index is 1.82. The van der Waals surface area contributed by atoms with Crippen LogP contribution in [0.15, 0.2) is 36.8 Å². The van der Waals surface area contributed by atoms with Crippen molar-refractivity contribution in [2.75, 3.05) is 13.7 Å². The largest absolute Gasteiger partial charge is 0.477 e. The number of fused-ring (bicyclic) bond motifs is 1. The minimum Gasteiger partial charge on any atom is -0.477 e. The number of carbonyl (C=O) groups excluding carboxylic acids is 1. The lowest BCUT2D eigenvalue weighted by atomic mass is 10.1. The van der Waals surface area contributed by atoms with E-state index < -0.39 is 5.97 Å². The maximum atomic E-state index is 11.9. The van der Waals surface area contributed by atoms with Gasteiger partial charge in [-0.2, -0.15) is 0 Å². The lowest BCUT2D eigenvalue weighted by molar-refractivity contribution is 0.0600. The molecular weight excluding hydrogens is 334 g/mol. The Morgan fingerprint density at radius 3 is 2.88 bits per heavy atom. The minimum atomic E-state index is -0.461. The summed E-state index contributed by atoms with van der Waals surface area (Å²) >= 11 is 0. The third kappa shape index (κ3) is 3.13. The molecule has 3 aromatic heterocycles. The molecule has 1 aliphatic rings. The number of nitrogens with zero attached hydrogens (tertiary/aromatic N) is 3. The molecule has 7 nitrogen and oxygen atoms in total. The molecule has 0 atom stereocenters. The number of imidazole rings is 1. The zero-order valence-electron chi connectivity index (χ0n) is 14.4. The van der Waals surface area contributed by atoms with Gasteiger partial charge in [0.05, 0.1) is 43.3 Å². The second kappa shape index (κ2) is 6.76. The number of hydrogen-bond donors (Lipinski definition) is 1. The first-order chi connectivity index (χ1) is 12.7. The highest BCUT2D eigenvalue weighted by molar-refractivity contribution is 5.91. The van der Waals surface area contributed by atoms with Crippen LogP contribution in [-0.2, 0) is 11.3 Å². The number of aromatic nitrogens is 3. The van der Waals surface area contributed by atoms with Gasteiger partial charge in [-0.25, -0.2) is 14.8 Å². The van der Waals surface area contributed by atoms with E-state index in [2.05, 4.69) is 9.97 Å². The van der Waals surface area contributed by atoms with Gasteiger partial charge in [-0.3, -0.25) is 4.40 Å². The quantitative estimate of drug-likeness (QED) is 0.685. The van der Waals surface area contributed by atoms with E-state index in [9.17, 15) is 9.90 Å². The number of pyridine rings is 2. The van der Waals surface area contributed by atoms with Crippen LogP contribution in [0.4, 0.5) is 0 Å². The molecule has 3 heterocycles. The van der Waals surface area contributed by atoms with E-state index in [1.165, 1.54) is 26.1 Å². The molecule has 1 fully saturated rings. The average Bonchev–Trinajstić information content (AvgIpc) is 3.42. The molecule has 26 heavy (non-hydrogen) atoms. The lowest BCUT2D eigenvalue weighted by Crippen LogP contribution is -2.07. The summed E-state index contributed by atoms with van der Waals surface area (Å²) in [4.78, 5) is 20.7. The van der Waals surface area contributed by atoms with Gasteiger partial charge in [0, 0.05) is 12.4 Å². The Kier molecular flexibility index (Phi) is 4.30. The zero-order valence-corrected chi connectivity index (χ0v) is 14.4. The highest BCUT2D eigenvalue weighted by Gasteiger charge is 2.24. The fourth-order valence-electron chi connectivity index (χ4n) is 2.78. The van der Waals surface area contributed by atoms with E-state index in [-0.39, 0.29) is 6.61 Å². The van der Waals surface area contributed by atoms with Gasteiger partial charge in [0.15, 0.2) is 0 Å². The third-order valence-corrected chi connectivity index (χ3v) is 4.45. The average molecular weight is 353 g/mol. The van der Waals surface area contributed by atoms with Crippen molar-refractivity contribution < 1.29 is 19.4 Å². The molecule has 3 aromatic rings. The molecule has 0 radical (unpaired) electrons. The van der Waals surface area contributed by atoms with Crippen molar-refractivity contribution in [3.63, 3.8) is 0 Å². The molecule has 0 amide bonds. The Morgan fingerprint density at radius 2 is 2.15 bits per heavy atom. The predicted octanol–water partition coefficient (Wildman–Crippen LogP) is 2.46. The van der Waals surface area contributed by atoms with E-state index in [0.717, 1.165) is 16.9 Å². The SMILES string of the molecule is COC(=O)c1cnc(OCC2CC2)c(-c2cnc3ccc(CO)cn23)c1. The van der Waals surface area contributed by atoms with Crippen LogP contribution in [0, 0.1) is 5.92 Å². The number of rotatable bonds is 6. The van der Waals surface area contributed by atoms with Crippen LogP contribution in [0.1, 0.15) is 28.8 Å². The Morgan fingerprint density at radius 1 is 1.31 bits per heavy atom. The minimum absolute atomic E-state index is 0.0704. The van der Waals surface area contributed by atoms with Gasteiger partial charge >= 0.3 is 5.97 Å². The van der Waals surface area contributed by atoms with Crippen molar-refractivity contribution in [2.45, 2.75) is 19.4 Å². The van der Waals surface area contributed by atoms with Crippen molar-refractivity contribution in [2.24, 2.45) is 5.92 Å². The number of aliphatic hydroxyl groups is 1. The van der Waals surface area contributed by atoms with Crippen LogP contribution >= 0.6 is 0 Å². The van der Waals surface area contributed by atoms with E-state index in [1.54, 1.807) is 12.3 Å². The fourth-order valence-corrected chi connectivity index (χ4v) is 2.78. The predicted molar refractivity (Wildman–Crippen MR) is 93.9 cm³/mol. The summed E-state index contributed by atoms with van der Waals surface area (Å²) in [5, 5.41) is 9.42. The Labute approximate surface area is 150 Å². The number of hydrogen-bond acceptors (Lipinski definition) is 6. The highest BCUT2D eigenvalue weighted by atomic mass is 16.5. The summed E-state index contributed by atoms with van der Waals surface area (Å²) in [6, 6.07) is 5.35. The topological polar surface area (TPSA) is 86.0 Å². The van der Waals surface area contributed by atoms with Gasteiger partial charge < -0.3 is 14.6 Å². The summed E-state index contributed by atoms with van der Waals surface area (Å²) in [6.45, 7) is 0.537. The second-order valence-electron chi connectivity index (χ2n) is 6.39. The number of esters is 1. The first-order valence-corrected chi connectivity index (χ1v) is 8.48. The van der Waals surface area contributed by atoms with Crippen molar-refractivity contribution in [1.82, 2.24) is 14.4 Å². The van der Waals surface area contributed by atoms with Crippen LogP contribution in [0.3, 0.4) is 0 Å². The normalized spacial score (nSPS) is 13.8. The van der Waals surface area contributed by atoms with E-state index in [1.807, 2.05) is 22.7 Å².